The molecule has 2 N–H and O–H groups in total. The number of benzene rings is 2. The number of ether oxygens (including phenoxy) is 1. The average molecular weight is 496 g/mol. The van der Waals surface area contributed by atoms with Gasteiger partial charge in [-0.2, -0.15) is 0 Å². The molecular weight excluding hydrogens is 462 g/mol. The van der Waals surface area contributed by atoms with Crippen molar-refractivity contribution in [3.05, 3.63) is 64.3 Å². The Balaban J connectivity index is 1.56. The summed E-state index contributed by atoms with van der Waals surface area (Å²) in [5.74, 6) is 1.07. The number of piperidine rings is 1. The van der Waals surface area contributed by atoms with Gasteiger partial charge in [-0.15, -0.1) is 0 Å². The van der Waals surface area contributed by atoms with Crippen LogP contribution in [0.3, 0.4) is 0 Å². The standard InChI is InChI=1S/C28H34ClN3O3/c1-3-4-25(34)31-13-11-28(12-14-31)18-32(16-19-5-7-20(29)8-6-19)24(17-33)27-26(28)22-10-9-21(35-2)15-23(22)30-27/h5-10,15,24,30,33H,3-4,11-14,16-18H2,1-2H3/t24-/m0/s1. The van der Waals surface area contributed by atoms with E-state index in [1.165, 1.54) is 16.5 Å². The van der Waals surface area contributed by atoms with Crippen molar-refractivity contribution in [2.24, 2.45) is 0 Å². The number of nitrogens with one attached hydrogen (secondary N) is 1. The van der Waals surface area contributed by atoms with Gasteiger partial charge < -0.3 is 19.7 Å². The number of halogens is 1. The van der Waals surface area contributed by atoms with E-state index < -0.39 is 0 Å². The van der Waals surface area contributed by atoms with Crippen molar-refractivity contribution < 1.29 is 14.6 Å². The normalized spacial score (nSPS) is 19.8. The minimum absolute atomic E-state index is 0.0295. The van der Waals surface area contributed by atoms with E-state index in [9.17, 15) is 9.90 Å². The van der Waals surface area contributed by atoms with Gasteiger partial charge in [-0.25, -0.2) is 0 Å². The SMILES string of the molecule is CCCC(=O)N1CCC2(CC1)CN(Cc1ccc(Cl)cc1)[C@@H](CO)c1[nH]c3cc(OC)ccc3c12. The summed E-state index contributed by atoms with van der Waals surface area (Å²) >= 11 is 6.12. The van der Waals surface area contributed by atoms with Crippen LogP contribution >= 0.6 is 11.6 Å². The second-order valence-electron chi connectivity index (χ2n) is 9.97. The number of H-pyrrole nitrogens is 1. The number of methoxy groups -OCH3 is 1. The first-order chi connectivity index (χ1) is 17.0. The summed E-state index contributed by atoms with van der Waals surface area (Å²) in [5, 5.41) is 12.5. The van der Waals surface area contributed by atoms with Gasteiger partial charge in [-0.05, 0) is 54.7 Å². The topological polar surface area (TPSA) is 68.8 Å². The number of nitrogens with zero attached hydrogens (tertiary/aromatic N) is 2. The van der Waals surface area contributed by atoms with Crippen molar-refractivity contribution >= 4 is 28.4 Å². The molecular formula is C28H34ClN3O3. The third kappa shape index (κ3) is 4.44. The van der Waals surface area contributed by atoms with Gasteiger partial charge in [0.2, 0.25) is 5.91 Å². The van der Waals surface area contributed by atoms with Gasteiger partial charge in [0.05, 0.1) is 19.8 Å². The molecule has 1 aromatic heterocycles. The number of fused-ring (bicyclic) bond motifs is 4. The summed E-state index contributed by atoms with van der Waals surface area (Å²) in [4.78, 5) is 20.7. The highest BCUT2D eigenvalue weighted by Gasteiger charge is 2.47. The second kappa shape index (κ2) is 9.84. The Kier molecular flexibility index (Phi) is 6.80. The van der Waals surface area contributed by atoms with Gasteiger partial charge in [-0.3, -0.25) is 9.69 Å². The fourth-order valence-electron chi connectivity index (χ4n) is 6.07. The Hall–Kier alpha value is -2.54. The van der Waals surface area contributed by atoms with E-state index in [0.29, 0.717) is 6.42 Å². The zero-order valence-electron chi connectivity index (χ0n) is 20.5. The number of aliphatic hydroxyl groups excluding tert-OH is 1. The van der Waals surface area contributed by atoms with E-state index in [1.807, 2.05) is 29.2 Å². The molecule has 0 saturated carbocycles. The Morgan fingerprint density at radius 1 is 1.20 bits per heavy atom. The van der Waals surface area contributed by atoms with Crippen molar-refractivity contribution in [1.29, 1.82) is 0 Å². The Bertz CT molecular complexity index is 1200. The molecule has 1 fully saturated rings. The van der Waals surface area contributed by atoms with Crippen molar-refractivity contribution in [3.8, 4) is 5.75 Å². The third-order valence-electron chi connectivity index (χ3n) is 7.85. The fraction of sp³-hybridized carbons (Fsp3) is 0.464. The molecule has 2 aliphatic heterocycles. The summed E-state index contributed by atoms with van der Waals surface area (Å²) in [6, 6.07) is 14.0. The molecule has 35 heavy (non-hydrogen) atoms. The first kappa shape index (κ1) is 24.2. The van der Waals surface area contributed by atoms with Crippen LogP contribution in [0.1, 0.15) is 55.5 Å². The molecule has 2 aliphatic rings. The highest BCUT2D eigenvalue weighted by molar-refractivity contribution is 6.30. The molecule has 1 atom stereocenters. The van der Waals surface area contributed by atoms with Crippen molar-refractivity contribution in [2.75, 3.05) is 33.4 Å². The minimum atomic E-state index is -0.135. The van der Waals surface area contributed by atoms with Crippen LogP contribution < -0.4 is 4.74 Å². The molecule has 1 spiro atoms. The van der Waals surface area contributed by atoms with Crippen LogP contribution in [0.15, 0.2) is 42.5 Å². The number of carbonyl (C=O) groups is 1. The van der Waals surface area contributed by atoms with Crippen molar-refractivity contribution in [2.45, 2.75) is 50.6 Å². The van der Waals surface area contributed by atoms with Gasteiger partial charge in [0.15, 0.2) is 0 Å². The predicted molar refractivity (Wildman–Crippen MR) is 139 cm³/mol. The number of carbonyl (C=O) groups excluding carboxylic acids is 1. The van der Waals surface area contributed by atoms with E-state index in [4.69, 9.17) is 16.3 Å². The van der Waals surface area contributed by atoms with Gasteiger partial charge >= 0.3 is 0 Å². The number of aromatic nitrogens is 1. The van der Waals surface area contributed by atoms with E-state index in [-0.39, 0.29) is 24.0 Å². The lowest BCUT2D eigenvalue weighted by Gasteiger charge is -2.50. The molecule has 0 bridgehead atoms. The van der Waals surface area contributed by atoms with Crippen LogP contribution in [0, 0.1) is 0 Å². The largest absolute Gasteiger partial charge is 0.497 e. The summed E-state index contributed by atoms with van der Waals surface area (Å²) in [6.07, 6.45) is 3.30. The number of rotatable bonds is 6. The van der Waals surface area contributed by atoms with Crippen LogP contribution in [0.25, 0.3) is 10.9 Å². The molecule has 0 radical (unpaired) electrons. The molecule has 5 rings (SSSR count). The summed E-state index contributed by atoms with van der Waals surface area (Å²) < 4.78 is 5.48. The number of hydrogen-bond donors (Lipinski definition) is 2. The predicted octanol–water partition coefficient (Wildman–Crippen LogP) is 5.04. The molecule has 3 aromatic rings. The molecule has 0 unspecified atom stereocenters. The maximum absolute atomic E-state index is 12.6. The summed E-state index contributed by atoms with van der Waals surface area (Å²) in [6.45, 7) is 5.17. The fourth-order valence-corrected chi connectivity index (χ4v) is 6.19. The lowest BCUT2D eigenvalue weighted by atomic mass is 9.68. The summed E-state index contributed by atoms with van der Waals surface area (Å²) in [5.41, 5.74) is 4.50. The first-order valence-electron chi connectivity index (χ1n) is 12.5. The van der Waals surface area contributed by atoms with Gasteiger partial charge in [0.1, 0.15) is 5.75 Å². The van der Waals surface area contributed by atoms with E-state index in [2.05, 4.69) is 35.0 Å². The van der Waals surface area contributed by atoms with Gasteiger partial charge in [0.25, 0.3) is 0 Å². The van der Waals surface area contributed by atoms with E-state index in [1.54, 1.807) is 7.11 Å². The number of aliphatic hydroxyl groups is 1. The highest BCUT2D eigenvalue weighted by atomic mass is 35.5. The number of amides is 1. The van der Waals surface area contributed by atoms with E-state index in [0.717, 1.165) is 67.4 Å². The molecule has 0 aliphatic carbocycles. The minimum Gasteiger partial charge on any atom is -0.497 e. The zero-order chi connectivity index (χ0) is 24.6. The lowest BCUT2D eigenvalue weighted by Crippen LogP contribution is -2.54. The van der Waals surface area contributed by atoms with Crippen LogP contribution in [0.2, 0.25) is 5.02 Å². The van der Waals surface area contributed by atoms with Crippen molar-refractivity contribution in [1.82, 2.24) is 14.8 Å². The smallest absolute Gasteiger partial charge is 0.222 e. The number of likely N-dealkylation sites (tertiary alicyclic amines) is 1. The molecule has 7 heteroatoms. The van der Waals surface area contributed by atoms with Crippen molar-refractivity contribution in [3.63, 3.8) is 0 Å². The second-order valence-corrected chi connectivity index (χ2v) is 10.4. The third-order valence-corrected chi connectivity index (χ3v) is 8.11. The highest BCUT2D eigenvalue weighted by Crippen LogP contribution is 2.49. The molecule has 3 heterocycles. The Morgan fingerprint density at radius 2 is 1.94 bits per heavy atom. The maximum atomic E-state index is 12.6. The van der Waals surface area contributed by atoms with Crippen LogP contribution in [-0.4, -0.2) is 59.1 Å². The van der Waals surface area contributed by atoms with Gasteiger partial charge in [0, 0.05) is 65.7 Å². The lowest BCUT2D eigenvalue weighted by molar-refractivity contribution is -0.133. The Labute approximate surface area is 211 Å². The summed E-state index contributed by atoms with van der Waals surface area (Å²) in [7, 11) is 1.68. The quantitative estimate of drug-likeness (QED) is 0.502. The molecule has 1 saturated heterocycles. The monoisotopic (exact) mass is 495 g/mol. The molecule has 6 nitrogen and oxygen atoms in total. The molecule has 186 valence electrons. The van der Waals surface area contributed by atoms with Gasteiger partial charge in [-0.1, -0.05) is 30.7 Å². The van der Waals surface area contributed by atoms with E-state index >= 15 is 0 Å². The van der Waals surface area contributed by atoms with Crippen LogP contribution in [0.5, 0.6) is 5.75 Å². The number of aromatic amines is 1. The molecule has 1 amide bonds. The Morgan fingerprint density at radius 3 is 2.60 bits per heavy atom. The zero-order valence-corrected chi connectivity index (χ0v) is 21.3. The van der Waals surface area contributed by atoms with Crippen LogP contribution in [-0.2, 0) is 16.8 Å². The van der Waals surface area contributed by atoms with Crippen LogP contribution in [0.4, 0.5) is 0 Å². The molecule has 2 aromatic carbocycles. The maximum Gasteiger partial charge on any atom is 0.222 e. The average Bonchev–Trinajstić information content (AvgIpc) is 3.25. The first-order valence-corrected chi connectivity index (χ1v) is 12.9. The number of hydrogen-bond acceptors (Lipinski definition) is 4.